The average molecular weight is 389 g/mol. The molecule has 0 saturated heterocycles. The van der Waals surface area contributed by atoms with Crippen LogP contribution in [0.1, 0.15) is 35.2 Å². The number of nitrogens with one attached hydrogen (secondary N) is 1. The molecule has 3 heterocycles. The van der Waals surface area contributed by atoms with E-state index in [0.29, 0.717) is 25.1 Å². The Morgan fingerprint density at radius 3 is 2.97 bits per heavy atom. The molecule has 0 spiro atoms. The summed E-state index contributed by atoms with van der Waals surface area (Å²) in [6, 6.07) is 15.8. The zero-order chi connectivity index (χ0) is 19.8. The summed E-state index contributed by atoms with van der Waals surface area (Å²) in [6.45, 7) is 0.582. The third-order valence-corrected chi connectivity index (χ3v) is 5.48. The molecule has 0 saturated carbocycles. The zero-order valence-corrected chi connectivity index (χ0v) is 15.8. The van der Waals surface area contributed by atoms with Crippen LogP contribution in [0.25, 0.3) is 11.0 Å². The molecule has 1 amide bonds. The molecule has 1 aliphatic rings. The third kappa shape index (κ3) is 3.31. The highest BCUT2D eigenvalue weighted by Crippen LogP contribution is 2.36. The number of aromatic amines is 1. The second-order valence-corrected chi connectivity index (χ2v) is 7.32. The molecular weight excluding hydrogens is 369 g/mol. The molecule has 1 atom stereocenters. The maximum atomic E-state index is 13.4. The van der Waals surface area contributed by atoms with Gasteiger partial charge in [-0.1, -0.05) is 30.3 Å². The van der Waals surface area contributed by atoms with Gasteiger partial charge in [-0.05, 0) is 36.2 Å². The fourth-order valence-corrected chi connectivity index (χ4v) is 4.06. The van der Waals surface area contributed by atoms with Gasteiger partial charge in [0.2, 0.25) is 5.91 Å². The molecule has 4 aromatic rings. The third-order valence-electron chi connectivity index (χ3n) is 5.48. The molecule has 0 radical (unpaired) electrons. The first-order chi connectivity index (χ1) is 14.2. The molecule has 1 aliphatic heterocycles. The lowest BCUT2D eigenvalue weighted by atomic mass is 9.99. The van der Waals surface area contributed by atoms with Gasteiger partial charge in [0, 0.05) is 30.5 Å². The topological polar surface area (TPSA) is 62.1 Å². The number of para-hydroxylation sites is 1. The van der Waals surface area contributed by atoms with Crippen LogP contribution in [0.5, 0.6) is 0 Å². The van der Waals surface area contributed by atoms with Gasteiger partial charge >= 0.3 is 0 Å². The number of rotatable bonds is 4. The Kier molecular flexibility index (Phi) is 4.39. The number of H-pyrrole nitrogens is 1. The minimum absolute atomic E-state index is 0.00775. The highest BCUT2D eigenvalue weighted by molar-refractivity contribution is 5.80. The van der Waals surface area contributed by atoms with Crippen molar-refractivity contribution in [1.29, 1.82) is 0 Å². The number of imidazole rings is 1. The second-order valence-electron chi connectivity index (χ2n) is 7.32. The fraction of sp³-hybridized carbons (Fsp3) is 0.217. The molecular formula is C23H20FN3O2. The van der Waals surface area contributed by atoms with Gasteiger partial charge in [0.15, 0.2) is 0 Å². The average Bonchev–Trinajstić information content (AvgIpc) is 3.37. The molecule has 6 heteroatoms. The van der Waals surface area contributed by atoms with Crippen molar-refractivity contribution < 1.29 is 13.6 Å². The number of carbonyl (C=O) groups excluding carboxylic acids is 1. The SMILES string of the molecule is O=C(CCc1cccc(F)c1)N1CCc2[nH]cnc2[C@H]1c1cc2ccccc2o1. The van der Waals surface area contributed by atoms with Gasteiger partial charge in [0.1, 0.15) is 23.2 Å². The molecule has 2 aromatic carbocycles. The Hall–Kier alpha value is -3.41. The molecule has 0 unspecified atom stereocenters. The van der Waals surface area contributed by atoms with Crippen molar-refractivity contribution in [3.05, 3.63) is 89.5 Å². The number of halogens is 1. The number of carbonyl (C=O) groups is 1. The predicted molar refractivity (Wildman–Crippen MR) is 107 cm³/mol. The van der Waals surface area contributed by atoms with Gasteiger partial charge in [-0.25, -0.2) is 9.37 Å². The van der Waals surface area contributed by atoms with E-state index in [0.717, 1.165) is 34.3 Å². The summed E-state index contributed by atoms with van der Waals surface area (Å²) in [5.41, 5.74) is 3.47. The van der Waals surface area contributed by atoms with Gasteiger partial charge in [0.25, 0.3) is 0 Å². The summed E-state index contributed by atoms with van der Waals surface area (Å²) in [6.07, 6.45) is 3.19. The minimum atomic E-state index is -0.364. The van der Waals surface area contributed by atoms with E-state index in [2.05, 4.69) is 9.97 Å². The number of furan rings is 1. The number of fused-ring (bicyclic) bond motifs is 2. The van der Waals surface area contributed by atoms with Crippen LogP contribution >= 0.6 is 0 Å². The number of hydrogen-bond donors (Lipinski definition) is 1. The van der Waals surface area contributed by atoms with Crippen LogP contribution in [-0.2, 0) is 17.6 Å². The first-order valence-electron chi connectivity index (χ1n) is 9.73. The highest BCUT2D eigenvalue weighted by Gasteiger charge is 2.36. The quantitative estimate of drug-likeness (QED) is 0.563. The Labute approximate surface area is 167 Å². The van der Waals surface area contributed by atoms with E-state index >= 15 is 0 Å². The standard InChI is InChI=1S/C23H20FN3O2/c24-17-6-3-4-15(12-17)8-9-21(28)27-11-10-18-22(26-14-25-18)23(27)20-13-16-5-1-2-7-19(16)29-20/h1-7,12-14,23H,8-11H2,(H,25,26)/t23-/m1/s1. The lowest BCUT2D eigenvalue weighted by Gasteiger charge is -2.33. The maximum Gasteiger partial charge on any atom is 0.223 e. The van der Waals surface area contributed by atoms with Gasteiger partial charge in [-0.3, -0.25) is 4.79 Å². The predicted octanol–water partition coefficient (Wildman–Crippen LogP) is 4.40. The lowest BCUT2D eigenvalue weighted by molar-refractivity contribution is -0.133. The van der Waals surface area contributed by atoms with Crippen molar-refractivity contribution in [1.82, 2.24) is 14.9 Å². The van der Waals surface area contributed by atoms with E-state index < -0.39 is 0 Å². The second kappa shape index (κ2) is 7.20. The molecule has 0 fully saturated rings. The Balaban J connectivity index is 1.45. The minimum Gasteiger partial charge on any atom is -0.458 e. The smallest absolute Gasteiger partial charge is 0.223 e. The summed E-state index contributed by atoms with van der Waals surface area (Å²) in [5.74, 6) is 0.431. The van der Waals surface area contributed by atoms with E-state index in [1.54, 1.807) is 12.4 Å². The maximum absolute atomic E-state index is 13.4. The van der Waals surface area contributed by atoms with Gasteiger partial charge < -0.3 is 14.3 Å². The van der Waals surface area contributed by atoms with E-state index in [1.807, 2.05) is 41.3 Å². The molecule has 29 heavy (non-hydrogen) atoms. The van der Waals surface area contributed by atoms with Gasteiger partial charge in [0.05, 0.1) is 12.0 Å². The normalized spacial score (nSPS) is 16.2. The van der Waals surface area contributed by atoms with Gasteiger partial charge in [-0.15, -0.1) is 0 Å². The molecule has 1 N–H and O–H groups in total. The summed E-state index contributed by atoms with van der Waals surface area (Å²) in [4.78, 5) is 22.6. The molecule has 2 aromatic heterocycles. The van der Waals surface area contributed by atoms with Crippen molar-refractivity contribution >= 4 is 16.9 Å². The molecule has 0 aliphatic carbocycles. The van der Waals surface area contributed by atoms with Crippen molar-refractivity contribution in [2.24, 2.45) is 0 Å². The molecule has 146 valence electrons. The van der Waals surface area contributed by atoms with E-state index in [-0.39, 0.29) is 17.8 Å². The summed E-state index contributed by atoms with van der Waals surface area (Å²) in [5, 5.41) is 0.998. The number of aromatic nitrogens is 2. The number of benzene rings is 2. The number of nitrogens with zero attached hydrogens (tertiary/aromatic N) is 2. The van der Waals surface area contributed by atoms with E-state index in [9.17, 15) is 9.18 Å². The van der Waals surface area contributed by atoms with E-state index in [1.165, 1.54) is 12.1 Å². The monoisotopic (exact) mass is 389 g/mol. The van der Waals surface area contributed by atoms with Crippen LogP contribution in [-0.4, -0.2) is 27.3 Å². The van der Waals surface area contributed by atoms with Gasteiger partial charge in [-0.2, -0.15) is 0 Å². The van der Waals surface area contributed by atoms with Crippen LogP contribution < -0.4 is 0 Å². The Morgan fingerprint density at radius 2 is 2.10 bits per heavy atom. The van der Waals surface area contributed by atoms with Crippen molar-refractivity contribution in [2.45, 2.75) is 25.3 Å². The van der Waals surface area contributed by atoms with Crippen LogP contribution in [0.4, 0.5) is 4.39 Å². The van der Waals surface area contributed by atoms with Crippen molar-refractivity contribution in [2.75, 3.05) is 6.54 Å². The first-order valence-corrected chi connectivity index (χ1v) is 9.73. The zero-order valence-electron chi connectivity index (χ0n) is 15.8. The summed E-state index contributed by atoms with van der Waals surface area (Å²) < 4.78 is 19.5. The first kappa shape index (κ1) is 17.7. The molecule has 0 bridgehead atoms. The van der Waals surface area contributed by atoms with E-state index in [4.69, 9.17) is 4.42 Å². The van der Waals surface area contributed by atoms with Crippen LogP contribution in [0, 0.1) is 5.82 Å². The van der Waals surface area contributed by atoms with Crippen LogP contribution in [0.3, 0.4) is 0 Å². The lowest BCUT2D eigenvalue weighted by Crippen LogP contribution is -2.40. The molecule has 5 nitrogen and oxygen atoms in total. The van der Waals surface area contributed by atoms with Crippen molar-refractivity contribution in [3.63, 3.8) is 0 Å². The molecule has 5 rings (SSSR count). The van der Waals surface area contributed by atoms with Crippen molar-refractivity contribution in [3.8, 4) is 0 Å². The fourth-order valence-electron chi connectivity index (χ4n) is 4.06. The largest absolute Gasteiger partial charge is 0.458 e. The Bertz CT molecular complexity index is 1150. The summed E-state index contributed by atoms with van der Waals surface area (Å²) >= 11 is 0. The van der Waals surface area contributed by atoms with Crippen LogP contribution in [0.2, 0.25) is 0 Å². The number of amides is 1. The number of hydrogen-bond acceptors (Lipinski definition) is 3. The van der Waals surface area contributed by atoms with Crippen LogP contribution in [0.15, 0.2) is 65.3 Å². The summed E-state index contributed by atoms with van der Waals surface area (Å²) in [7, 11) is 0. The number of aryl methyl sites for hydroxylation is 1. The Morgan fingerprint density at radius 1 is 1.21 bits per heavy atom. The highest BCUT2D eigenvalue weighted by atomic mass is 19.1.